The second-order valence-electron chi connectivity index (χ2n) is 13.7. The zero-order chi connectivity index (χ0) is 23.3. The lowest BCUT2D eigenvalue weighted by atomic mass is 9.41. The van der Waals surface area contributed by atoms with Crippen molar-refractivity contribution < 1.29 is 19.4 Å². The van der Waals surface area contributed by atoms with Crippen LogP contribution in [-0.4, -0.2) is 23.1 Å². The van der Waals surface area contributed by atoms with Crippen LogP contribution in [0.15, 0.2) is 0 Å². The Kier molecular flexibility index (Phi) is 4.79. The first-order valence-electron chi connectivity index (χ1n) is 13.2. The van der Waals surface area contributed by atoms with Gasteiger partial charge in [-0.1, -0.05) is 34.6 Å². The molecule has 4 heteroatoms. The zero-order valence-electron chi connectivity index (χ0n) is 21.1. The molecule has 1 N–H and O–H groups in total. The van der Waals surface area contributed by atoms with Gasteiger partial charge in [-0.05, 0) is 103 Å². The van der Waals surface area contributed by atoms with Gasteiger partial charge in [-0.15, -0.1) is 0 Å². The van der Waals surface area contributed by atoms with Gasteiger partial charge in [-0.2, -0.15) is 0 Å². The van der Waals surface area contributed by atoms with Gasteiger partial charge in [0.1, 0.15) is 6.10 Å². The van der Waals surface area contributed by atoms with Gasteiger partial charge in [0, 0.05) is 18.8 Å². The topological polar surface area (TPSA) is 63.6 Å². The highest BCUT2D eigenvalue weighted by Crippen LogP contribution is 2.89. The summed E-state index contributed by atoms with van der Waals surface area (Å²) in [5, 5.41) is 9.45. The van der Waals surface area contributed by atoms with Gasteiger partial charge in [0.2, 0.25) is 0 Å². The van der Waals surface area contributed by atoms with Gasteiger partial charge < -0.3 is 9.84 Å². The Morgan fingerprint density at radius 2 is 1.56 bits per heavy atom. The molecule has 180 valence electrons. The molecule has 0 aromatic heterocycles. The first-order valence-corrected chi connectivity index (χ1v) is 13.2. The Morgan fingerprint density at radius 1 is 0.906 bits per heavy atom. The lowest BCUT2D eigenvalue weighted by Crippen LogP contribution is -2.58. The van der Waals surface area contributed by atoms with Gasteiger partial charge in [0.05, 0.1) is 0 Å². The molecule has 0 bridgehead atoms. The van der Waals surface area contributed by atoms with Crippen LogP contribution in [0.4, 0.5) is 0 Å². The molecule has 0 saturated heterocycles. The summed E-state index contributed by atoms with van der Waals surface area (Å²) in [5.41, 5.74) is 1.57. The Balaban J connectivity index is 1.44. The summed E-state index contributed by atoms with van der Waals surface area (Å²) in [6.07, 6.45) is 11.6. The third kappa shape index (κ3) is 2.62. The lowest BCUT2D eigenvalue weighted by molar-refractivity contribution is -0.181. The van der Waals surface area contributed by atoms with E-state index in [1.165, 1.54) is 51.4 Å². The van der Waals surface area contributed by atoms with E-state index in [4.69, 9.17) is 4.74 Å². The van der Waals surface area contributed by atoms with Crippen LogP contribution in [0.3, 0.4) is 0 Å². The Labute approximate surface area is 194 Å². The average Bonchev–Trinajstić information content (AvgIpc) is 3.26. The highest BCUT2D eigenvalue weighted by molar-refractivity contribution is 5.67. The number of aliphatic carboxylic acids is 1. The van der Waals surface area contributed by atoms with Crippen molar-refractivity contribution in [1.82, 2.24) is 0 Å². The molecule has 9 atom stereocenters. The fourth-order valence-corrected chi connectivity index (χ4v) is 11.1. The molecular formula is C28H44O4. The van der Waals surface area contributed by atoms with Crippen LogP contribution in [0.25, 0.3) is 0 Å². The summed E-state index contributed by atoms with van der Waals surface area (Å²) in [6, 6.07) is 0. The molecule has 32 heavy (non-hydrogen) atoms. The van der Waals surface area contributed by atoms with Gasteiger partial charge in [0.25, 0.3) is 0 Å². The molecule has 5 fully saturated rings. The van der Waals surface area contributed by atoms with Gasteiger partial charge in [-0.3, -0.25) is 9.59 Å². The first-order chi connectivity index (χ1) is 14.8. The smallest absolute Gasteiger partial charge is 0.303 e. The van der Waals surface area contributed by atoms with Crippen LogP contribution in [0.1, 0.15) is 106 Å². The summed E-state index contributed by atoms with van der Waals surface area (Å²) in [4.78, 5) is 23.2. The lowest BCUT2D eigenvalue weighted by Gasteiger charge is -2.63. The summed E-state index contributed by atoms with van der Waals surface area (Å²) >= 11 is 0. The van der Waals surface area contributed by atoms with Crippen LogP contribution in [0.2, 0.25) is 0 Å². The van der Waals surface area contributed by atoms with Crippen LogP contribution in [-0.2, 0) is 14.3 Å². The van der Waals surface area contributed by atoms with Crippen molar-refractivity contribution in [3.05, 3.63) is 0 Å². The SMILES string of the molecule is CC(=O)O[C@H]1CC[C@]23C[C@]24CC[C@]2(C)[C@@H]([C@H](C)CC(=O)O)CC[C@@]2(C)[C@@H]4CC[C@H]3C1(C)C. The minimum absolute atomic E-state index is 0.0499. The number of hydrogen-bond acceptors (Lipinski definition) is 3. The molecule has 5 rings (SSSR count). The molecule has 5 aliphatic carbocycles. The van der Waals surface area contributed by atoms with Crippen molar-refractivity contribution in [3.8, 4) is 0 Å². The van der Waals surface area contributed by atoms with Gasteiger partial charge in [-0.25, -0.2) is 0 Å². The maximum Gasteiger partial charge on any atom is 0.303 e. The van der Waals surface area contributed by atoms with E-state index >= 15 is 0 Å². The van der Waals surface area contributed by atoms with E-state index in [1.807, 2.05) is 0 Å². The predicted octanol–water partition coefficient (Wildman–Crippen LogP) is 6.47. The van der Waals surface area contributed by atoms with Gasteiger partial charge >= 0.3 is 11.9 Å². The summed E-state index contributed by atoms with van der Waals surface area (Å²) in [6.45, 7) is 13.6. The van der Waals surface area contributed by atoms with Crippen molar-refractivity contribution >= 4 is 11.9 Å². The number of ether oxygens (including phenoxy) is 1. The molecule has 2 spiro atoms. The number of carbonyl (C=O) groups excluding carboxylic acids is 1. The Bertz CT molecular complexity index is 833. The number of carboxylic acid groups (broad SMARTS) is 1. The van der Waals surface area contributed by atoms with E-state index in [0.29, 0.717) is 34.5 Å². The molecule has 0 radical (unpaired) electrons. The van der Waals surface area contributed by atoms with Crippen LogP contribution < -0.4 is 0 Å². The minimum atomic E-state index is -0.643. The number of rotatable bonds is 4. The normalized spacial score (nSPS) is 51.4. The van der Waals surface area contributed by atoms with Crippen molar-refractivity contribution in [2.75, 3.05) is 0 Å². The van der Waals surface area contributed by atoms with E-state index in [1.54, 1.807) is 6.92 Å². The molecule has 5 saturated carbocycles. The minimum Gasteiger partial charge on any atom is -0.481 e. The number of hydrogen-bond donors (Lipinski definition) is 1. The van der Waals surface area contributed by atoms with E-state index in [0.717, 1.165) is 12.3 Å². The number of fused-ring (bicyclic) bond motifs is 2. The van der Waals surface area contributed by atoms with Crippen molar-refractivity contribution in [2.24, 2.45) is 50.7 Å². The van der Waals surface area contributed by atoms with E-state index in [-0.39, 0.29) is 28.8 Å². The molecule has 0 aromatic carbocycles. The van der Waals surface area contributed by atoms with Crippen LogP contribution in [0, 0.1) is 50.7 Å². The fourth-order valence-electron chi connectivity index (χ4n) is 11.1. The maximum absolute atomic E-state index is 11.8. The largest absolute Gasteiger partial charge is 0.481 e. The van der Waals surface area contributed by atoms with E-state index in [2.05, 4.69) is 34.6 Å². The van der Waals surface area contributed by atoms with Gasteiger partial charge in [0.15, 0.2) is 0 Å². The molecule has 0 heterocycles. The highest BCUT2D eigenvalue weighted by atomic mass is 16.5. The van der Waals surface area contributed by atoms with E-state index < -0.39 is 5.97 Å². The van der Waals surface area contributed by atoms with Crippen LogP contribution >= 0.6 is 0 Å². The highest BCUT2D eigenvalue weighted by Gasteiger charge is 2.82. The predicted molar refractivity (Wildman–Crippen MR) is 124 cm³/mol. The van der Waals surface area contributed by atoms with Crippen molar-refractivity contribution in [2.45, 2.75) is 112 Å². The average molecular weight is 445 g/mol. The quantitative estimate of drug-likeness (QED) is 0.505. The zero-order valence-corrected chi connectivity index (χ0v) is 21.1. The Hall–Kier alpha value is -1.06. The Morgan fingerprint density at radius 3 is 2.22 bits per heavy atom. The summed E-state index contributed by atoms with van der Waals surface area (Å²) in [5.74, 6) is 1.44. The summed E-state index contributed by atoms with van der Waals surface area (Å²) in [7, 11) is 0. The number of carboxylic acids is 1. The molecular weight excluding hydrogens is 400 g/mol. The third-order valence-corrected chi connectivity index (χ3v) is 12.6. The maximum atomic E-state index is 11.8. The number of esters is 1. The standard InChI is InChI=1S/C28H44O4/c1-17(15-23(30)31)19-9-11-26(6)21-8-7-20-24(3,4)22(32-18(2)29)10-12-27(20)16-28(21,27)14-13-25(19,26)5/h17,19-22H,7-16H2,1-6H3,(H,30,31)/t17-,19-,20+,21+,22+,25-,26+,27-,28+/m1/s1. The van der Waals surface area contributed by atoms with E-state index in [9.17, 15) is 14.7 Å². The van der Waals surface area contributed by atoms with Crippen LogP contribution in [0.5, 0.6) is 0 Å². The third-order valence-electron chi connectivity index (χ3n) is 12.6. The molecule has 5 aliphatic rings. The molecule has 0 unspecified atom stereocenters. The molecule has 0 amide bonds. The number of carbonyl (C=O) groups is 2. The summed E-state index contributed by atoms with van der Waals surface area (Å²) < 4.78 is 5.84. The molecule has 0 aliphatic heterocycles. The molecule has 0 aromatic rings. The fraction of sp³-hybridized carbons (Fsp3) is 0.929. The first kappa shape index (κ1) is 22.7. The monoisotopic (exact) mass is 444 g/mol. The van der Waals surface area contributed by atoms with Crippen molar-refractivity contribution in [1.29, 1.82) is 0 Å². The van der Waals surface area contributed by atoms with Crippen molar-refractivity contribution in [3.63, 3.8) is 0 Å². The molecule has 4 nitrogen and oxygen atoms in total. The second-order valence-corrected chi connectivity index (χ2v) is 13.7. The second kappa shape index (κ2) is 6.75.